The van der Waals surface area contributed by atoms with E-state index in [0.717, 1.165) is 34.8 Å². The minimum atomic E-state index is 0.764. The third-order valence-electron chi connectivity index (χ3n) is 9.41. The van der Waals surface area contributed by atoms with Crippen LogP contribution in [0, 0.1) is 0 Å². The van der Waals surface area contributed by atoms with Crippen LogP contribution in [-0.4, -0.2) is 14.4 Å². The molecule has 0 atom stereocenters. The van der Waals surface area contributed by atoms with Crippen molar-refractivity contribution in [1.29, 1.82) is 0 Å². The molecule has 6 aromatic carbocycles. The molecule has 0 radical (unpaired) electrons. The average molecular weight is 560 g/mol. The molecule has 3 heterocycles. The molecular weight excluding hydrogens is 534 g/mol. The maximum atomic E-state index is 5.21. The van der Waals surface area contributed by atoms with Crippen molar-refractivity contribution in [3.8, 4) is 45.0 Å². The lowest BCUT2D eigenvalue weighted by Gasteiger charge is -2.11. The summed E-state index contributed by atoms with van der Waals surface area (Å²) >= 11 is 0. The minimum Gasteiger partial charge on any atom is -0.308 e. The first-order chi connectivity index (χ1) is 21.8. The third-order valence-corrected chi connectivity index (χ3v) is 9.41. The predicted octanol–water partition coefficient (Wildman–Crippen LogP) is 10.2. The van der Waals surface area contributed by atoms with Gasteiger partial charge in [-0.2, -0.15) is 0 Å². The van der Waals surface area contributed by atoms with E-state index in [2.05, 4.69) is 126 Å². The summed E-state index contributed by atoms with van der Waals surface area (Å²) in [6.45, 7) is 0. The van der Waals surface area contributed by atoms with E-state index in [-0.39, 0.29) is 0 Å². The monoisotopic (exact) mass is 559 g/mol. The van der Waals surface area contributed by atoms with Gasteiger partial charge in [0.15, 0.2) is 5.82 Å². The molecule has 0 N–H and O–H groups in total. The summed E-state index contributed by atoms with van der Waals surface area (Å²) in [7, 11) is 0. The zero-order valence-electron chi connectivity index (χ0n) is 23.8. The van der Waals surface area contributed by atoms with Gasteiger partial charge in [-0.15, -0.1) is 0 Å². The van der Waals surface area contributed by atoms with E-state index in [0.29, 0.717) is 0 Å². The van der Waals surface area contributed by atoms with Gasteiger partial charge in [0.05, 0.1) is 27.9 Å². The van der Waals surface area contributed by atoms with E-state index in [1.165, 1.54) is 65.9 Å². The Morgan fingerprint density at radius 2 is 1.07 bits per heavy atom. The molecule has 0 saturated carbocycles. The van der Waals surface area contributed by atoms with Gasteiger partial charge in [0, 0.05) is 50.2 Å². The zero-order valence-corrected chi connectivity index (χ0v) is 23.8. The molecule has 0 aliphatic heterocycles. The first-order valence-electron chi connectivity index (χ1n) is 15.1. The molecule has 1 aliphatic rings. The van der Waals surface area contributed by atoms with Crippen molar-refractivity contribution in [2.24, 2.45) is 0 Å². The standard InChI is InChI=1S/C41H25N3/c1-3-11-25(12-4-1)38-35-24-34-28(16-9-17-31(34)39(35)43-41(42-38)26-13-5-2-6-14-26)27-21-22-30-33-19-10-18-32-29-15-7-8-20-36(29)44(40(32)33)37(30)23-27/h1-23H,24H2. The summed E-state index contributed by atoms with van der Waals surface area (Å²) in [5.41, 5.74) is 14.2. The highest BCUT2D eigenvalue weighted by Crippen LogP contribution is 2.46. The maximum absolute atomic E-state index is 5.21. The van der Waals surface area contributed by atoms with Crippen molar-refractivity contribution in [2.45, 2.75) is 6.42 Å². The van der Waals surface area contributed by atoms with Crippen molar-refractivity contribution in [3.63, 3.8) is 0 Å². The largest absolute Gasteiger partial charge is 0.308 e. The molecule has 0 spiro atoms. The second kappa shape index (κ2) is 8.85. The molecule has 1 aliphatic carbocycles. The molecule has 9 aromatic rings. The predicted molar refractivity (Wildman–Crippen MR) is 181 cm³/mol. The van der Waals surface area contributed by atoms with E-state index < -0.39 is 0 Å². The van der Waals surface area contributed by atoms with Gasteiger partial charge in [-0.3, -0.25) is 0 Å². The van der Waals surface area contributed by atoms with Gasteiger partial charge < -0.3 is 4.40 Å². The minimum absolute atomic E-state index is 0.764. The van der Waals surface area contributed by atoms with Gasteiger partial charge in [0.25, 0.3) is 0 Å². The number of aromatic nitrogens is 3. The van der Waals surface area contributed by atoms with Gasteiger partial charge in [0.2, 0.25) is 0 Å². The number of benzene rings is 6. The second-order valence-corrected chi connectivity index (χ2v) is 11.7. The summed E-state index contributed by atoms with van der Waals surface area (Å²) in [6.07, 6.45) is 0.800. The molecule has 0 unspecified atom stereocenters. The van der Waals surface area contributed by atoms with Gasteiger partial charge in [0.1, 0.15) is 0 Å². The van der Waals surface area contributed by atoms with Crippen molar-refractivity contribution >= 4 is 38.1 Å². The molecule has 44 heavy (non-hydrogen) atoms. The van der Waals surface area contributed by atoms with Crippen LogP contribution in [-0.2, 0) is 6.42 Å². The highest BCUT2D eigenvalue weighted by atomic mass is 14.9. The molecular formula is C41H25N3. The van der Waals surface area contributed by atoms with Crippen LogP contribution in [0.5, 0.6) is 0 Å². The second-order valence-electron chi connectivity index (χ2n) is 11.7. The Bertz CT molecular complexity index is 2560. The van der Waals surface area contributed by atoms with E-state index in [1.54, 1.807) is 0 Å². The van der Waals surface area contributed by atoms with Crippen LogP contribution in [0.2, 0.25) is 0 Å². The van der Waals surface area contributed by atoms with E-state index in [4.69, 9.17) is 9.97 Å². The number of fused-ring (bicyclic) bond motifs is 9. The molecule has 3 nitrogen and oxygen atoms in total. The van der Waals surface area contributed by atoms with E-state index in [9.17, 15) is 0 Å². The number of hydrogen-bond donors (Lipinski definition) is 0. The third kappa shape index (κ3) is 3.21. The van der Waals surface area contributed by atoms with Crippen LogP contribution in [0.15, 0.2) is 140 Å². The summed E-state index contributed by atoms with van der Waals surface area (Å²) in [6, 6.07) is 50.0. The number of rotatable bonds is 3. The summed E-state index contributed by atoms with van der Waals surface area (Å²) in [5, 5.41) is 5.22. The molecule has 0 bridgehead atoms. The van der Waals surface area contributed by atoms with E-state index in [1.807, 2.05) is 18.2 Å². The Kier molecular flexibility index (Phi) is 4.77. The Morgan fingerprint density at radius 1 is 0.432 bits per heavy atom. The lowest BCUT2D eigenvalue weighted by atomic mass is 9.95. The Balaban J connectivity index is 1.20. The van der Waals surface area contributed by atoms with Crippen molar-refractivity contribution < 1.29 is 0 Å². The average Bonchev–Trinajstić information content (AvgIpc) is 3.75. The normalized spacial score (nSPS) is 12.5. The topological polar surface area (TPSA) is 30.2 Å². The lowest BCUT2D eigenvalue weighted by molar-refractivity contribution is 1.13. The Morgan fingerprint density at radius 3 is 1.89 bits per heavy atom. The fourth-order valence-electron chi connectivity index (χ4n) is 7.47. The van der Waals surface area contributed by atoms with Crippen molar-refractivity contribution in [1.82, 2.24) is 14.4 Å². The highest BCUT2D eigenvalue weighted by molar-refractivity contribution is 6.23. The quantitative estimate of drug-likeness (QED) is 0.216. The van der Waals surface area contributed by atoms with Crippen LogP contribution in [0.3, 0.4) is 0 Å². The van der Waals surface area contributed by atoms with Crippen LogP contribution < -0.4 is 0 Å². The Labute approximate surface area is 254 Å². The fraction of sp³-hybridized carbons (Fsp3) is 0.0244. The lowest BCUT2D eigenvalue weighted by Crippen LogP contribution is -1.99. The molecule has 204 valence electrons. The number of hydrogen-bond acceptors (Lipinski definition) is 2. The van der Waals surface area contributed by atoms with Crippen LogP contribution in [0.25, 0.3) is 83.1 Å². The van der Waals surface area contributed by atoms with Crippen molar-refractivity contribution in [3.05, 3.63) is 151 Å². The first-order valence-corrected chi connectivity index (χ1v) is 15.1. The molecule has 0 fully saturated rings. The van der Waals surface area contributed by atoms with Crippen molar-refractivity contribution in [2.75, 3.05) is 0 Å². The molecule has 0 saturated heterocycles. The van der Waals surface area contributed by atoms with Gasteiger partial charge >= 0.3 is 0 Å². The molecule has 10 rings (SSSR count). The van der Waals surface area contributed by atoms with Gasteiger partial charge in [-0.1, -0.05) is 127 Å². The molecule has 3 aromatic heterocycles. The molecule has 3 heteroatoms. The maximum Gasteiger partial charge on any atom is 0.160 e. The Hall–Kier alpha value is -5.80. The van der Waals surface area contributed by atoms with Crippen LogP contribution in [0.4, 0.5) is 0 Å². The fourth-order valence-corrected chi connectivity index (χ4v) is 7.47. The number of para-hydroxylation sites is 2. The summed E-state index contributed by atoms with van der Waals surface area (Å²) in [5.74, 6) is 0.764. The molecule has 0 amide bonds. The van der Waals surface area contributed by atoms with E-state index >= 15 is 0 Å². The van der Waals surface area contributed by atoms with Crippen LogP contribution in [0.1, 0.15) is 11.1 Å². The SMILES string of the molecule is c1ccc(-c2nc(-c3ccccc3)c3c(n2)-c2cccc(-c4ccc5c6cccc7c8ccccc8n(c5c4)c76)c2C3)cc1. The van der Waals surface area contributed by atoms with Crippen LogP contribution >= 0.6 is 0 Å². The zero-order chi connectivity index (χ0) is 28.8. The van der Waals surface area contributed by atoms with Gasteiger partial charge in [-0.05, 0) is 28.8 Å². The van der Waals surface area contributed by atoms with Gasteiger partial charge in [-0.25, -0.2) is 9.97 Å². The smallest absolute Gasteiger partial charge is 0.160 e. The summed E-state index contributed by atoms with van der Waals surface area (Å²) in [4.78, 5) is 10.4. The first kappa shape index (κ1) is 23.7. The number of nitrogens with zero attached hydrogens (tertiary/aromatic N) is 3. The highest BCUT2D eigenvalue weighted by Gasteiger charge is 2.28. The summed E-state index contributed by atoms with van der Waals surface area (Å²) < 4.78 is 2.46.